The van der Waals surface area contributed by atoms with E-state index in [0.717, 1.165) is 12.8 Å². The Labute approximate surface area is 88.2 Å². The topological polar surface area (TPSA) is 56.5 Å². The summed E-state index contributed by atoms with van der Waals surface area (Å²) in [6, 6.07) is 2.95. The Bertz CT molecular complexity index is 351. The molecular formula is C11H14O4. The number of carbonyl (C=O) groups is 2. The van der Waals surface area contributed by atoms with E-state index >= 15 is 0 Å². The Morgan fingerprint density at radius 2 is 2.00 bits per heavy atom. The van der Waals surface area contributed by atoms with Gasteiger partial charge in [0.15, 0.2) is 11.5 Å². The number of hydrogen-bond acceptors (Lipinski definition) is 4. The Morgan fingerprint density at radius 1 is 1.33 bits per heavy atom. The van der Waals surface area contributed by atoms with Crippen LogP contribution in [0, 0.1) is 0 Å². The van der Waals surface area contributed by atoms with Gasteiger partial charge < -0.3 is 9.15 Å². The fraction of sp³-hybridized carbons (Fsp3) is 0.455. The van der Waals surface area contributed by atoms with E-state index in [1.54, 1.807) is 0 Å². The standard InChI is InChI=1S/C11H14O4/c1-3-4-5-8(12)9-6-7-10(15-9)11(13)14-2/h6-7H,3-5H2,1-2H3. The molecule has 0 atom stereocenters. The van der Waals surface area contributed by atoms with Crippen LogP contribution in [-0.4, -0.2) is 18.9 Å². The third kappa shape index (κ3) is 2.94. The summed E-state index contributed by atoms with van der Waals surface area (Å²) in [7, 11) is 1.27. The number of hydrogen-bond donors (Lipinski definition) is 0. The first-order valence-electron chi connectivity index (χ1n) is 4.90. The monoisotopic (exact) mass is 210 g/mol. The predicted molar refractivity (Wildman–Crippen MR) is 53.9 cm³/mol. The maximum Gasteiger partial charge on any atom is 0.373 e. The Morgan fingerprint density at radius 3 is 2.60 bits per heavy atom. The van der Waals surface area contributed by atoms with Crippen molar-refractivity contribution in [1.29, 1.82) is 0 Å². The predicted octanol–water partition coefficient (Wildman–Crippen LogP) is 2.44. The van der Waals surface area contributed by atoms with Crippen LogP contribution in [0.15, 0.2) is 16.5 Å². The summed E-state index contributed by atoms with van der Waals surface area (Å²) >= 11 is 0. The molecule has 4 nitrogen and oxygen atoms in total. The molecule has 0 amide bonds. The second kappa shape index (κ2) is 5.34. The van der Waals surface area contributed by atoms with Gasteiger partial charge in [-0.2, -0.15) is 0 Å². The highest BCUT2D eigenvalue weighted by molar-refractivity contribution is 5.95. The van der Waals surface area contributed by atoms with Gasteiger partial charge in [0, 0.05) is 6.42 Å². The highest BCUT2D eigenvalue weighted by Crippen LogP contribution is 2.12. The molecule has 82 valence electrons. The third-order valence-corrected chi connectivity index (χ3v) is 2.02. The van der Waals surface area contributed by atoms with Crippen LogP contribution in [-0.2, 0) is 4.74 Å². The Hall–Kier alpha value is -1.58. The molecule has 0 fully saturated rings. The van der Waals surface area contributed by atoms with E-state index in [-0.39, 0.29) is 17.3 Å². The number of unbranched alkanes of at least 4 members (excludes halogenated alkanes) is 1. The number of ether oxygens (including phenoxy) is 1. The highest BCUT2D eigenvalue weighted by Gasteiger charge is 2.15. The Balaban J connectivity index is 2.67. The molecule has 0 aliphatic rings. The van der Waals surface area contributed by atoms with Crippen molar-refractivity contribution in [3.05, 3.63) is 23.7 Å². The van der Waals surface area contributed by atoms with Gasteiger partial charge in [-0.1, -0.05) is 13.3 Å². The zero-order valence-corrected chi connectivity index (χ0v) is 8.91. The Kier molecular flexibility index (Phi) is 4.09. The summed E-state index contributed by atoms with van der Waals surface area (Å²) in [6.45, 7) is 2.01. The smallest absolute Gasteiger partial charge is 0.373 e. The SMILES string of the molecule is CCCCC(=O)c1ccc(C(=O)OC)o1. The molecular weight excluding hydrogens is 196 g/mol. The van der Waals surface area contributed by atoms with Crippen LogP contribution in [0.3, 0.4) is 0 Å². The van der Waals surface area contributed by atoms with E-state index < -0.39 is 5.97 Å². The second-order valence-corrected chi connectivity index (χ2v) is 3.18. The molecule has 0 aromatic carbocycles. The lowest BCUT2D eigenvalue weighted by atomic mass is 10.1. The number of furan rings is 1. The molecule has 1 rings (SSSR count). The summed E-state index contributed by atoms with van der Waals surface area (Å²) < 4.78 is 9.54. The molecule has 0 spiro atoms. The van der Waals surface area contributed by atoms with Crippen LogP contribution in [0.25, 0.3) is 0 Å². The normalized spacial score (nSPS) is 10.0. The lowest BCUT2D eigenvalue weighted by Gasteiger charge is -1.95. The van der Waals surface area contributed by atoms with E-state index in [1.165, 1.54) is 19.2 Å². The summed E-state index contributed by atoms with van der Waals surface area (Å²) in [6.07, 6.45) is 2.23. The van der Waals surface area contributed by atoms with Gasteiger partial charge in [-0.15, -0.1) is 0 Å². The summed E-state index contributed by atoms with van der Waals surface area (Å²) in [5.74, 6) is -0.349. The molecule has 0 aliphatic carbocycles. The van der Waals surface area contributed by atoms with Gasteiger partial charge in [-0.3, -0.25) is 4.79 Å². The van der Waals surface area contributed by atoms with Crippen molar-refractivity contribution in [3.63, 3.8) is 0 Å². The van der Waals surface area contributed by atoms with E-state index in [4.69, 9.17) is 4.42 Å². The third-order valence-electron chi connectivity index (χ3n) is 2.02. The van der Waals surface area contributed by atoms with Crippen LogP contribution in [0.1, 0.15) is 47.3 Å². The molecule has 1 heterocycles. The average molecular weight is 210 g/mol. The second-order valence-electron chi connectivity index (χ2n) is 3.18. The summed E-state index contributed by atoms with van der Waals surface area (Å²) in [5.41, 5.74) is 0. The molecule has 0 saturated carbocycles. The number of carbonyl (C=O) groups excluding carboxylic acids is 2. The van der Waals surface area contributed by atoms with Gasteiger partial charge >= 0.3 is 5.97 Å². The molecule has 0 N–H and O–H groups in total. The molecule has 4 heteroatoms. The van der Waals surface area contributed by atoms with Crippen molar-refractivity contribution in [1.82, 2.24) is 0 Å². The molecule has 15 heavy (non-hydrogen) atoms. The molecule has 0 unspecified atom stereocenters. The zero-order valence-electron chi connectivity index (χ0n) is 8.91. The van der Waals surface area contributed by atoms with E-state index in [9.17, 15) is 9.59 Å². The quantitative estimate of drug-likeness (QED) is 0.553. The zero-order chi connectivity index (χ0) is 11.3. The van der Waals surface area contributed by atoms with E-state index in [1.807, 2.05) is 6.92 Å². The van der Waals surface area contributed by atoms with Gasteiger partial charge in [-0.05, 0) is 18.6 Å². The summed E-state index contributed by atoms with van der Waals surface area (Å²) in [4.78, 5) is 22.5. The number of Topliss-reactive ketones (excluding diaryl/α,β-unsaturated/α-hetero) is 1. The lowest BCUT2D eigenvalue weighted by Crippen LogP contribution is -2.00. The van der Waals surface area contributed by atoms with Gasteiger partial charge in [0.05, 0.1) is 7.11 Å². The number of rotatable bonds is 5. The van der Waals surface area contributed by atoms with Crippen molar-refractivity contribution >= 4 is 11.8 Å². The first-order valence-corrected chi connectivity index (χ1v) is 4.90. The summed E-state index contributed by atoms with van der Waals surface area (Å²) in [5, 5.41) is 0. The number of ketones is 1. The minimum atomic E-state index is -0.565. The van der Waals surface area contributed by atoms with Crippen LogP contribution in [0.4, 0.5) is 0 Å². The molecule has 0 aliphatic heterocycles. The number of esters is 1. The van der Waals surface area contributed by atoms with Gasteiger partial charge in [-0.25, -0.2) is 4.79 Å². The van der Waals surface area contributed by atoms with Crippen LogP contribution in [0.2, 0.25) is 0 Å². The molecule has 1 aromatic rings. The minimum Gasteiger partial charge on any atom is -0.463 e. The van der Waals surface area contributed by atoms with Crippen molar-refractivity contribution < 1.29 is 18.7 Å². The van der Waals surface area contributed by atoms with E-state index in [2.05, 4.69) is 4.74 Å². The van der Waals surface area contributed by atoms with Crippen LogP contribution in [0.5, 0.6) is 0 Å². The average Bonchev–Trinajstić information content (AvgIpc) is 2.74. The fourth-order valence-electron chi connectivity index (χ4n) is 1.16. The largest absolute Gasteiger partial charge is 0.463 e. The van der Waals surface area contributed by atoms with Crippen LogP contribution >= 0.6 is 0 Å². The maximum absolute atomic E-state index is 11.5. The first kappa shape index (κ1) is 11.5. The molecule has 0 bridgehead atoms. The molecule has 0 saturated heterocycles. The molecule has 1 aromatic heterocycles. The highest BCUT2D eigenvalue weighted by atomic mass is 16.5. The lowest BCUT2D eigenvalue weighted by molar-refractivity contribution is 0.0563. The first-order chi connectivity index (χ1) is 7.19. The van der Waals surface area contributed by atoms with Crippen molar-refractivity contribution in [3.8, 4) is 0 Å². The van der Waals surface area contributed by atoms with Crippen molar-refractivity contribution in [2.45, 2.75) is 26.2 Å². The van der Waals surface area contributed by atoms with Crippen LogP contribution < -0.4 is 0 Å². The van der Waals surface area contributed by atoms with Gasteiger partial charge in [0.1, 0.15) is 0 Å². The van der Waals surface area contributed by atoms with Crippen molar-refractivity contribution in [2.24, 2.45) is 0 Å². The minimum absolute atomic E-state index is 0.0670. The fourth-order valence-corrected chi connectivity index (χ4v) is 1.16. The number of methoxy groups -OCH3 is 1. The van der Waals surface area contributed by atoms with Gasteiger partial charge in [0.2, 0.25) is 5.76 Å². The van der Waals surface area contributed by atoms with Crippen molar-refractivity contribution in [2.75, 3.05) is 7.11 Å². The van der Waals surface area contributed by atoms with Gasteiger partial charge in [0.25, 0.3) is 0 Å². The molecule has 0 radical (unpaired) electrons. The van der Waals surface area contributed by atoms with E-state index in [0.29, 0.717) is 6.42 Å². The maximum atomic E-state index is 11.5.